The number of anilines is 1. The molecule has 2 aromatic carbocycles. The maximum atomic E-state index is 16.0. The minimum absolute atomic E-state index is 0.0948. The number of aromatic amines is 1. The lowest BCUT2D eigenvalue weighted by molar-refractivity contribution is -0.228. The van der Waals surface area contributed by atoms with Crippen molar-refractivity contribution in [2.24, 2.45) is 57.7 Å². The zero-order valence-electron chi connectivity index (χ0n) is 55.5. The number of hydrogen-bond donors (Lipinski definition) is 2. The number of aromatic nitrogens is 1. The number of methoxy groups -OCH3 is 3. The Morgan fingerprint density at radius 1 is 0.867 bits per heavy atom. The van der Waals surface area contributed by atoms with E-state index in [0.717, 1.165) is 65.8 Å². The maximum absolute atomic E-state index is 16.0. The van der Waals surface area contributed by atoms with Gasteiger partial charge in [-0.05, 0) is 166 Å². The monoisotopic (exact) mass is 1240 g/mol. The molecule has 90 heavy (non-hydrogen) atoms. The van der Waals surface area contributed by atoms with Crippen LogP contribution in [0, 0.1) is 57.7 Å². The van der Waals surface area contributed by atoms with Crippen molar-refractivity contribution in [2.45, 2.75) is 211 Å². The number of nitrogens with zero attached hydrogens (tertiary/aromatic N) is 3. The lowest BCUT2D eigenvalue weighted by Gasteiger charge is -2.63. The van der Waals surface area contributed by atoms with E-state index in [4.69, 9.17) is 28.4 Å². The summed E-state index contributed by atoms with van der Waals surface area (Å²) in [7, 11) is 4.14. The highest BCUT2D eigenvalue weighted by molar-refractivity contribution is 5.96. The zero-order valence-corrected chi connectivity index (χ0v) is 55.5. The van der Waals surface area contributed by atoms with E-state index in [1.807, 2.05) is 43.3 Å². The number of ether oxygens (including phenoxy) is 6. The number of nitrogens with one attached hydrogen (secondary N) is 1. The van der Waals surface area contributed by atoms with E-state index in [1.54, 1.807) is 13.2 Å². The molecule has 1 spiro atoms. The number of aliphatic hydroxyl groups is 1. The second kappa shape index (κ2) is 23.1. The summed E-state index contributed by atoms with van der Waals surface area (Å²) >= 11 is 0. The number of hydrogen-bond acceptors (Lipinski definition) is 14. The molecule has 3 aromatic rings. The Kier molecular flexibility index (Phi) is 16.2. The summed E-state index contributed by atoms with van der Waals surface area (Å²) in [6.45, 7) is 20.5. The molecule has 5 aliphatic carbocycles. The lowest BCUT2D eigenvalue weighted by Crippen LogP contribution is -2.81. The smallest absolute Gasteiger partial charge is 0.496 e. The first-order valence-electron chi connectivity index (χ1n) is 34.5. The molecule has 1 amide bonds. The molecule has 6 fully saturated rings. The van der Waals surface area contributed by atoms with Gasteiger partial charge in [0.1, 0.15) is 22.9 Å². The summed E-state index contributed by atoms with van der Waals surface area (Å²) in [4.78, 5) is 82.8. The molecule has 18 atom stereocenters. The van der Waals surface area contributed by atoms with Crippen LogP contribution in [0.3, 0.4) is 0 Å². The van der Waals surface area contributed by atoms with Crippen molar-refractivity contribution in [3.05, 3.63) is 82.6 Å². The van der Waals surface area contributed by atoms with E-state index in [2.05, 4.69) is 68.5 Å². The summed E-state index contributed by atoms with van der Waals surface area (Å²) in [5, 5.41) is 14.6. The minimum Gasteiger partial charge on any atom is -0.496 e. The standard InChI is InChI=1S/C74H100N4O12/c1-12-70(90-67(83)89-49-26-30-68(7)48(36-49)22-23-52-54-25-24-53(45(5)19-16-18-44(3)4)69(54,8)31-27-55(52)68)39-47-40-73(65(81)86-10,61-51(28-34-76(41-47)42-70)50-20-14-15-21-58(50)75-61)57-37-56-59(38-60(57)85-9)78(43-79)63-72(56)32-35-77-33-17-29-71(13-2,62(72)77)64(88-46(6)80)74(63,84)66(82)87-11/h14-15,17,20-22,29,37-38,43-45,47,49,52-55,62-64,75,84H,12-13,16,18-19,23-28,30-36,39-42H2,1-11H3. The Balaban J connectivity index is 0.838. The molecule has 18 unspecified atom stereocenters. The number of para-hydroxylation sites is 1. The largest absolute Gasteiger partial charge is 0.509 e. The van der Waals surface area contributed by atoms with Crippen molar-refractivity contribution in [1.29, 1.82) is 0 Å². The molecule has 2 saturated heterocycles. The molecule has 4 saturated carbocycles. The first-order valence-corrected chi connectivity index (χ1v) is 34.5. The van der Waals surface area contributed by atoms with Crippen LogP contribution < -0.4 is 9.64 Å². The third-order valence-electron chi connectivity index (χ3n) is 26.3. The van der Waals surface area contributed by atoms with Crippen LogP contribution in [0.25, 0.3) is 10.9 Å². The fraction of sp³-hybridized carbons (Fsp3) is 0.689. The van der Waals surface area contributed by atoms with E-state index < -0.39 is 69.7 Å². The van der Waals surface area contributed by atoms with E-state index in [0.29, 0.717) is 111 Å². The first kappa shape index (κ1) is 63.1. The highest BCUT2D eigenvalue weighted by atomic mass is 16.7. The van der Waals surface area contributed by atoms with Crippen LogP contribution in [0.2, 0.25) is 0 Å². The van der Waals surface area contributed by atoms with Gasteiger partial charge >= 0.3 is 24.1 Å². The van der Waals surface area contributed by atoms with Crippen LogP contribution in [-0.2, 0) is 60.1 Å². The fourth-order valence-electron chi connectivity index (χ4n) is 22.6. The van der Waals surface area contributed by atoms with E-state index >= 15 is 4.79 Å². The number of allylic oxidation sites excluding steroid dienone is 1. The van der Waals surface area contributed by atoms with E-state index in [-0.39, 0.29) is 29.6 Å². The van der Waals surface area contributed by atoms with Gasteiger partial charge in [-0.25, -0.2) is 9.59 Å². The predicted octanol–water partition coefficient (Wildman–Crippen LogP) is 12.1. The second-order valence-electron chi connectivity index (χ2n) is 30.7. The van der Waals surface area contributed by atoms with Crippen molar-refractivity contribution in [2.75, 3.05) is 59.0 Å². The van der Waals surface area contributed by atoms with Gasteiger partial charge < -0.3 is 43.4 Å². The fourth-order valence-corrected chi connectivity index (χ4v) is 22.6. The molecule has 16 nitrogen and oxygen atoms in total. The third kappa shape index (κ3) is 9.19. The summed E-state index contributed by atoms with van der Waals surface area (Å²) in [6.07, 6.45) is 20.2. The normalized spacial score (nSPS) is 39.1. The number of esters is 3. The number of rotatable bonds is 15. The molecule has 16 heteroatoms. The summed E-state index contributed by atoms with van der Waals surface area (Å²) < 4.78 is 37.7. The predicted molar refractivity (Wildman–Crippen MR) is 343 cm³/mol. The quantitative estimate of drug-likeness (QED) is 0.0633. The number of benzene rings is 2. The number of carbonyl (C=O) groups excluding carboxylic acids is 5. The van der Waals surface area contributed by atoms with Crippen LogP contribution in [0.4, 0.5) is 10.5 Å². The lowest BCUT2D eigenvalue weighted by atomic mass is 9.47. The van der Waals surface area contributed by atoms with Crippen molar-refractivity contribution in [3.63, 3.8) is 0 Å². The van der Waals surface area contributed by atoms with Gasteiger partial charge in [-0.15, -0.1) is 0 Å². The average molecular weight is 1240 g/mol. The molecule has 5 aliphatic heterocycles. The van der Waals surface area contributed by atoms with Crippen molar-refractivity contribution < 1.29 is 57.5 Å². The van der Waals surface area contributed by atoms with E-state index in [9.17, 15) is 24.3 Å². The number of piperidine rings is 1. The molecule has 1 aromatic heterocycles. The summed E-state index contributed by atoms with van der Waals surface area (Å²) in [6, 6.07) is 10.0. The highest BCUT2D eigenvalue weighted by Gasteiger charge is 2.81. The second-order valence-corrected chi connectivity index (χ2v) is 30.7. The SMILES string of the molecule is CCC1(OC(=O)OC2CCC3(C)C(=CCC4C3CCC3(C)C(C(C)CCCC(C)C)CCC43)C2)CC2CN(CCc3c([nH]c4ccccc34)C(C(=O)OC)(c3cc4c(cc3OC)N(C=O)C3C(O)(C(=O)OC)C(OC(C)=O)C5(CC)C=CCN6CCC43C65)C2)C1. The molecular weight excluding hydrogens is 1140 g/mol. The molecule has 488 valence electrons. The molecule has 10 aliphatic rings. The molecule has 6 heterocycles. The Bertz CT molecular complexity index is 3390. The molecule has 13 rings (SSSR count). The zero-order chi connectivity index (χ0) is 63.7. The number of fused-ring (bicyclic) bond motifs is 11. The third-order valence-corrected chi connectivity index (χ3v) is 26.3. The van der Waals surface area contributed by atoms with Gasteiger partial charge in [-0.3, -0.25) is 24.2 Å². The van der Waals surface area contributed by atoms with Gasteiger partial charge in [0.15, 0.2) is 6.10 Å². The molecular formula is C74H100N4O12. The molecule has 2 bridgehead atoms. The van der Waals surface area contributed by atoms with Crippen molar-refractivity contribution in [1.82, 2.24) is 14.8 Å². The first-order chi connectivity index (χ1) is 43.1. The Hall–Kier alpha value is -5.71. The number of carbonyl (C=O) groups is 5. The molecule has 2 N–H and O–H groups in total. The Labute approximate surface area is 532 Å². The van der Waals surface area contributed by atoms with Crippen LogP contribution in [0.15, 0.2) is 60.2 Å². The number of H-pyrrole nitrogens is 1. The average Bonchev–Trinajstić information content (AvgIpc) is 1.44. The maximum Gasteiger partial charge on any atom is 0.509 e. The van der Waals surface area contributed by atoms with Gasteiger partial charge in [-0.1, -0.05) is 110 Å². The van der Waals surface area contributed by atoms with Crippen molar-refractivity contribution >= 4 is 47.1 Å². The van der Waals surface area contributed by atoms with Crippen LogP contribution >= 0.6 is 0 Å². The molecule has 0 radical (unpaired) electrons. The summed E-state index contributed by atoms with van der Waals surface area (Å²) in [5.41, 5.74) is -1.54. The summed E-state index contributed by atoms with van der Waals surface area (Å²) in [5.74, 6) is 2.23. The minimum atomic E-state index is -2.58. The highest BCUT2D eigenvalue weighted by Crippen LogP contribution is 2.70. The Morgan fingerprint density at radius 2 is 1.66 bits per heavy atom. The van der Waals surface area contributed by atoms with E-state index in [1.165, 1.54) is 76.6 Å². The van der Waals surface area contributed by atoms with Crippen molar-refractivity contribution in [3.8, 4) is 5.75 Å². The van der Waals surface area contributed by atoms with Gasteiger partial charge in [0, 0.05) is 84.6 Å². The van der Waals surface area contributed by atoms with Gasteiger partial charge in [0.2, 0.25) is 12.0 Å². The number of amides is 1. The van der Waals surface area contributed by atoms with Gasteiger partial charge in [0.25, 0.3) is 0 Å². The topological polar surface area (TPSA) is 186 Å². The van der Waals surface area contributed by atoms with Crippen LogP contribution in [0.1, 0.15) is 181 Å². The van der Waals surface area contributed by atoms with Crippen LogP contribution in [0.5, 0.6) is 5.75 Å². The van der Waals surface area contributed by atoms with Gasteiger partial charge in [0.05, 0.1) is 33.1 Å². The van der Waals surface area contributed by atoms with Gasteiger partial charge in [-0.2, -0.15) is 0 Å². The Morgan fingerprint density at radius 3 is 2.38 bits per heavy atom. The van der Waals surface area contributed by atoms with Crippen LogP contribution in [-0.4, -0.2) is 140 Å².